The Morgan fingerprint density at radius 2 is 1.95 bits per heavy atom. The van der Waals surface area contributed by atoms with Crippen LogP contribution in [0.1, 0.15) is 31.1 Å². The number of amides is 1. The van der Waals surface area contributed by atoms with Crippen molar-refractivity contribution in [2.24, 2.45) is 5.92 Å². The van der Waals surface area contributed by atoms with Crippen LogP contribution in [0, 0.1) is 5.92 Å². The molecule has 0 aromatic heterocycles. The SMILES string of the molecule is COC(=O)c1cc(N)ccc1NC(C)C(=O)NCC(C)C. The minimum atomic E-state index is -0.500. The van der Waals surface area contributed by atoms with Gasteiger partial charge in [-0.2, -0.15) is 0 Å². The first-order chi connectivity index (χ1) is 9.85. The molecule has 6 heteroatoms. The fraction of sp³-hybridized carbons (Fsp3) is 0.467. The number of carbonyl (C=O) groups is 2. The van der Waals surface area contributed by atoms with E-state index in [0.29, 0.717) is 29.4 Å². The molecule has 1 unspecified atom stereocenters. The highest BCUT2D eigenvalue weighted by molar-refractivity contribution is 5.97. The van der Waals surface area contributed by atoms with E-state index in [1.54, 1.807) is 19.1 Å². The molecule has 4 N–H and O–H groups in total. The van der Waals surface area contributed by atoms with Gasteiger partial charge in [0, 0.05) is 17.9 Å². The number of hydrogen-bond acceptors (Lipinski definition) is 5. The molecule has 0 aliphatic carbocycles. The molecule has 21 heavy (non-hydrogen) atoms. The third-order valence-electron chi connectivity index (χ3n) is 2.90. The number of benzene rings is 1. The van der Waals surface area contributed by atoms with Crippen molar-refractivity contribution in [1.82, 2.24) is 5.32 Å². The number of esters is 1. The van der Waals surface area contributed by atoms with Gasteiger partial charge in [-0.15, -0.1) is 0 Å². The minimum absolute atomic E-state index is 0.128. The molecule has 6 nitrogen and oxygen atoms in total. The van der Waals surface area contributed by atoms with Gasteiger partial charge in [0.2, 0.25) is 5.91 Å². The van der Waals surface area contributed by atoms with Crippen molar-refractivity contribution < 1.29 is 14.3 Å². The first kappa shape index (κ1) is 16.8. The summed E-state index contributed by atoms with van der Waals surface area (Å²) in [5, 5.41) is 5.84. The zero-order chi connectivity index (χ0) is 16.0. The van der Waals surface area contributed by atoms with Gasteiger partial charge in [-0.25, -0.2) is 4.79 Å². The summed E-state index contributed by atoms with van der Waals surface area (Å²) in [6.07, 6.45) is 0. The summed E-state index contributed by atoms with van der Waals surface area (Å²) in [6, 6.07) is 4.37. The van der Waals surface area contributed by atoms with Crippen molar-refractivity contribution in [3.05, 3.63) is 23.8 Å². The number of carbonyl (C=O) groups excluding carboxylic acids is 2. The summed E-state index contributed by atoms with van der Waals surface area (Å²) in [5.74, 6) is -0.251. The number of nitrogens with two attached hydrogens (primary N) is 1. The predicted molar refractivity (Wildman–Crippen MR) is 83.1 cm³/mol. The quantitative estimate of drug-likeness (QED) is 0.547. The molecule has 0 spiro atoms. The zero-order valence-electron chi connectivity index (χ0n) is 12.9. The topological polar surface area (TPSA) is 93.4 Å². The fourth-order valence-corrected chi connectivity index (χ4v) is 1.72. The maximum Gasteiger partial charge on any atom is 0.340 e. The summed E-state index contributed by atoms with van der Waals surface area (Å²) in [7, 11) is 1.30. The highest BCUT2D eigenvalue weighted by atomic mass is 16.5. The minimum Gasteiger partial charge on any atom is -0.465 e. The first-order valence-electron chi connectivity index (χ1n) is 6.87. The molecule has 0 heterocycles. The number of nitrogens with one attached hydrogen (secondary N) is 2. The molecule has 1 atom stereocenters. The van der Waals surface area contributed by atoms with Crippen molar-refractivity contribution in [3.8, 4) is 0 Å². The molecule has 0 bridgehead atoms. The van der Waals surface area contributed by atoms with E-state index < -0.39 is 12.0 Å². The number of rotatable bonds is 6. The number of hydrogen-bond donors (Lipinski definition) is 3. The molecule has 116 valence electrons. The van der Waals surface area contributed by atoms with E-state index in [2.05, 4.69) is 10.6 Å². The molecule has 1 aromatic carbocycles. The predicted octanol–water partition coefficient (Wildman–Crippen LogP) is 1.63. The second-order valence-corrected chi connectivity index (χ2v) is 5.30. The lowest BCUT2D eigenvalue weighted by atomic mass is 10.1. The van der Waals surface area contributed by atoms with Gasteiger partial charge in [0.25, 0.3) is 0 Å². The monoisotopic (exact) mass is 293 g/mol. The molecule has 0 saturated heterocycles. The highest BCUT2D eigenvalue weighted by Crippen LogP contribution is 2.20. The van der Waals surface area contributed by atoms with Gasteiger partial charge in [-0.3, -0.25) is 4.79 Å². The largest absolute Gasteiger partial charge is 0.465 e. The summed E-state index contributed by atoms with van der Waals surface area (Å²) < 4.78 is 4.72. The molecule has 0 saturated carbocycles. The van der Waals surface area contributed by atoms with E-state index in [9.17, 15) is 9.59 Å². The normalized spacial score (nSPS) is 11.9. The van der Waals surface area contributed by atoms with Gasteiger partial charge in [-0.05, 0) is 31.0 Å². The molecule has 0 fully saturated rings. The Morgan fingerprint density at radius 1 is 1.29 bits per heavy atom. The lowest BCUT2D eigenvalue weighted by Crippen LogP contribution is -2.39. The number of methoxy groups -OCH3 is 1. The standard InChI is InChI=1S/C15H23N3O3/c1-9(2)8-17-14(19)10(3)18-13-6-5-11(16)7-12(13)15(20)21-4/h5-7,9-10,18H,8,16H2,1-4H3,(H,17,19). The molecule has 1 amide bonds. The third-order valence-corrected chi connectivity index (χ3v) is 2.90. The lowest BCUT2D eigenvalue weighted by Gasteiger charge is -2.18. The Kier molecular flexibility index (Phi) is 6.02. The maximum absolute atomic E-state index is 12.0. The van der Waals surface area contributed by atoms with Crippen LogP contribution in [0.2, 0.25) is 0 Å². The van der Waals surface area contributed by atoms with Crippen LogP contribution in [0.4, 0.5) is 11.4 Å². The number of ether oxygens (including phenoxy) is 1. The van der Waals surface area contributed by atoms with Crippen molar-refractivity contribution in [2.75, 3.05) is 24.7 Å². The van der Waals surface area contributed by atoms with Crippen molar-refractivity contribution in [1.29, 1.82) is 0 Å². The Hall–Kier alpha value is -2.24. The maximum atomic E-state index is 12.0. The molecule has 1 rings (SSSR count). The third kappa shape index (κ3) is 4.98. The van der Waals surface area contributed by atoms with Gasteiger partial charge in [0.15, 0.2) is 0 Å². The Bertz CT molecular complexity index is 515. The van der Waals surface area contributed by atoms with Gasteiger partial charge >= 0.3 is 5.97 Å². The van der Waals surface area contributed by atoms with Crippen LogP contribution >= 0.6 is 0 Å². The summed E-state index contributed by atoms with van der Waals surface area (Å²) >= 11 is 0. The second kappa shape index (κ2) is 7.52. The fourth-order valence-electron chi connectivity index (χ4n) is 1.72. The van der Waals surface area contributed by atoms with E-state index in [0.717, 1.165) is 0 Å². The van der Waals surface area contributed by atoms with Gasteiger partial charge in [-0.1, -0.05) is 13.8 Å². The summed E-state index contributed by atoms with van der Waals surface area (Å²) in [6.45, 7) is 6.38. The average molecular weight is 293 g/mol. The Labute approximate surface area is 125 Å². The van der Waals surface area contributed by atoms with E-state index in [4.69, 9.17) is 10.5 Å². The van der Waals surface area contributed by atoms with Gasteiger partial charge < -0.3 is 21.1 Å². The summed E-state index contributed by atoms with van der Waals surface area (Å²) in [5.41, 5.74) is 6.96. The Morgan fingerprint density at radius 3 is 2.52 bits per heavy atom. The van der Waals surface area contributed by atoms with E-state index in [1.807, 2.05) is 13.8 Å². The van der Waals surface area contributed by atoms with Crippen molar-refractivity contribution in [3.63, 3.8) is 0 Å². The van der Waals surface area contributed by atoms with Crippen LogP contribution in [-0.4, -0.2) is 31.6 Å². The number of anilines is 2. The van der Waals surface area contributed by atoms with Crippen LogP contribution in [0.25, 0.3) is 0 Å². The molecular weight excluding hydrogens is 270 g/mol. The van der Waals surface area contributed by atoms with E-state index in [1.165, 1.54) is 13.2 Å². The van der Waals surface area contributed by atoms with Crippen molar-refractivity contribution in [2.45, 2.75) is 26.8 Å². The molecule has 0 aliphatic heterocycles. The zero-order valence-corrected chi connectivity index (χ0v) is 12.9. The van der Waals surface area contributed by atoms with Crippen LogP contribution in [0.5, 0.6) is 0 Å². The Balaban J connectivity index is 2.82. The molecular formula is C15H23N3O3. The van der Waals surface area contributed by atoms with E-state index >= 15 is 0 Å². The smallest absolute Gasteiger partial charge is 0.340 e. The lowest BCUT2D eigenvalue weighted by molar-refractivity contribution is -0.121. The van der Waals surface area contributed by atoms with Crippen LogP contribution in [0.15, 0.2) is 18.2 Å². The number of nitrogen functional groups attached to an aromatic ring is 1. The van der Waals surface area contributed by atoms with Gasteiger partial charge in [0.05, 0.1) is 12.7 Å². The highest BCUT2D eigenvalue weighted by Gasteiger charge is 2.17. The second-order valence-electron chi connectivity index (χ2n) is 5.30. The molecule has 0 aliphatic rings. The van der Waals surface area contributed by atoms with E-state index in [-0.39, 0.29) is 5.91 Å². The molecule has 1 aromatic rings. The van der Waals surface area contributed by atoms with Crippen LogP contribution < -0.4 is 16.4 Å². The summed E-state index contributed by atoms with van der Waals surface area (Å²) in [4.78, 5) is 23.7. The average Bonchev–Trinajstić information content (AvgIpc) is 2.45. The van der Waals surface area contributed by atoms with Gasteiger partial charge in [0.1, 0.15) is 6.04 Å². The van der Waals surface area contributed by atoms with Crippen LogP contribution in [0.3, 0.4) is 0 Å². The molecule has 0 radical (unpaired) electrons. The van der Waals surface area contributed by atoms with Crippen LogP contribution in [-0.2, 0) is 9.53 Å². The first-order valence-corrected chi connectivity index (χ1v) is 6.87. The van der Waals surface area contributed by atoms with Crippen molar-refractivity contribution >= 4 is 23.3 Å².